The van der Waals surface area contributed by atoms with E-state index in [-0.39, 0.29) is 52.4 Å². The number of thiophene rings is 1. The molecule has 2 aromatic carbocycles. The van der Waals surface area contributed by atoms with Gasteiger partial charge in [0.25, 0.3) is 5.91 Å². The van der Waals surface area contributed by atoms with E-state index in [9.17, 15) is 18.5 Å². The van der Waals surface area contributed by atoms with Crippen molar-refractivity contribution in [3.63, 3.8) is 0 Å². The Labute approximate surface area is 259 Å². The van der Waals surface area contributed by atoms with Gasteiger partial charge in [0, 0.05) is 35.7 Å². The lowest BCUT2D eigenvalue weighted by Gasteiger charge is -2.26. The molecule has 0 saturated carbocycles. The summed E-state index contributed by atoms with van der Waals surface area (Å²) in [6, 6.07) is 14.1. The van der Waals surface area contributed by atoms with Crippen molar-refractivity contribution in [2.24, 2.45) is 0 Å². The van der Waals surface area contributed by atoms with Crippen LogP contribution in [0.4, 0.5) is 5.00 Å². The molecule has 0 radical (unpaired) electrons. The third kappa shape index (κ3) is 5.83. The van der Waals surface area contributed by atoms with Gasteiger partial charge in [0.1, 0.15) is 20.7 Å². The Bertz CT molecular complexity index is 1990. The van der Waals surface area contributed by atoms with E-state index in [2.05, 4.69) is 32.0 Å². The molecule has 1 fully saturated rings. The van der Waals surface area contributed by atoms with Crippen LogP contribution in [0.3, 0.4) is 0 Å². The van der Waals surface area contributed by atoms with Crippen LogP contribution in [-0.4, -0.2) is 65.6 Å². The zero-order valence-electron chi connectivity index (χ0n) is 22.1. The molecule has 1 aliphatic rings. The van der Waals surface area contributed by atoms with E-state index in [4.69, 9.17) is 27.9 Å². The molecule has 1 aliphatic heterocycles. The Morgan fingerprint density at radius 3 is 2.63 bits per heavy atom. The monoisotopic (exact) mass is 655 g/mol. The number of carbonyl (C=O) groups excluding carboxylic acids is 1. The van der Waals surface area contributed by atoms with Crippen molar-refractivity contribution >= 4 is 65.6 Å². The Kier molecular flexibility index (Phi) is 8.10. The number of tetrazole rings is 1. The normalized spacial score (nSPS) is 14.1. The summed E-state index contributed by atoms with van der Waals surface area (Å²) in [6.45, 7) is 1.41. The van der Waals surface area contributed by atoms with Gasteiger partial charge in [-0.25, -0.2) is 8.42 Å². The fourth-order valence-corrected chi connectivity index (χ4v) is 7.97. The van der Waals surface area contributed by atoms with E-state index in [1.165, 1.54) is 27.8 Å². The number of aromatic nitrogens is 5. The maximum atomic E-state index is 13.4. The number of anilines is 1. The minimum atomic E-state index is -4.00. The number of hydrogen-bond acceptors (Lipinski definition) is 9. The van der Waals surface area contributed by atoms with Crippen LogP contribution >= 0.6 is 34.5 Å². The number of morpholine rings is 1. The molecule has 43 heavy (non-hydrogen) atoms. The molecular weight excluding hydrogens is 635 g/mol. The average molecular weight is 657 g/mol. The number of H-pyrrole nitrogens is 1. The first kappa shape index (κ1) is 29.1. The predicted molar refractivity (Wildman–Crippen MR) is 159 cm³/mol. The Morgan fingerprint density at radius 1 is 1.16 bits per heavy atom. The number of fused-ring (bicyclic) bond motifs is 1. The zero-order valence-corrected chi connectivity index (χ0v) is 25.3. The minimum Gasteiger partial charge on any atom is -0.379 e. The molecule has 16 heteroatoms. The number of amides is 1. The van der Waals surface area contributed by atoms with Gasteiger partial charge in [-0.3, -0.25) is 4.79 Å². The first-order chi connectivity index (χ1) is 20.7. The maximum absolute atomic E-state index is 13.4. The van der Waals surface area contributed by atoms with Gasteiger partial charge in [-0.1, -0.05) is 47.5 Å². The van der Waals surface area contributed by atoms with Crippen LogP contribution in [-0.2, 0) is 21.3 Å². The number of pyridine rings is 1. The predicted octanol–water partition coefficient (Wildman–Crippen LogP) is 3.87. The highest BCUT2D eigenvalue weighted by molar-refractivity contribution is 7.89. The number of nitrogens with one attached hydrogen (secondary N) is 2. The molecule has 218 valence electrons. The number of carbonyl (C=O) groups is 1. The number of rotatable bonds is 7. The third-order valence-electron chi connectivity index (χ3n) is 6.81. The highest BCUT2D eigenvalue weighted by Gasteiger charge is 2.30. The molecule has 1 amide bonds. The number of aromatic amines is 1. The molecular formula is C27H21Cl2N8O4S2+. The number of hydrogen-bond donors (Lipinski definition) is 2. The molecule has 12 nitrogen and oxygen atoms in total. The van der Waals surface area contributed by atoms with E-state index >= 15 is 0 Å². The van der Waals surface area contributed by atoms with Crippen LogP contribution in [0.1, 0.15) is 21.5 Å². The molecule has 0 unspecified atom stereocenters. The van der Waals surface area contributed by atoms with Crippen molar-refractivity contribution in [2.75, 3.05) is 31.6 Å². The summed E-state index contributed by atoms with van der Waals surface area (Å²) in [5.74, 6) is -0.162. The molecule has 5 aromatic rings. The van der Waals surface area contributed by atoms with Crippen LogP contribution in [0.15, 0.2) is 59.8 Å². The second-order valence-electron chi connectivity index (χ2n) is 9.48. The van der Waals surface area contributed by atoms with E-state index < -0.39 is 15.9 Å². The number of halogens is 2. The highest BCUT2D eigenvalue weighted by Crippen LogP contribution is 2.36. The Balaban J connectivity index is 1.25. The van der Waals surface area contributed by atoms with E-state index in [0.717, 1.165) is 15.8 Å². The van der Waals surface area contributed by atoms with Crippen molar-refractivity contribution in [1.29, 1.82) is 5.26 Å². The Hall–Kier alpha value is -3.97. The summed E-state index contributed by atoms with van der Waals surface area (Å²) in [7, 11) is -4.00. The van der Waals surface area contributed by atoms with Gasteiger partial charge in [-0.15, -0.1) is 21.5 Å². The molecule has 6 rings (SSSR count). The molecule has 0 aliphatic carbocycles. The minimum absolute atomic E-state index is 0.0220. The van der Waals surface area contributed by atoms with Crippen LogP contribution in [0.2, 0.25) is 10.0 Å². The van der Waals surface area contributed by atoms with Gasteiger partial charge in [0.2, 0.25) is 15.8 Å². The average Bonchev–Trinajstić information content (AvgIpc) is 3.66. The van der Waals surface area contributed by atoms with Crippen molar-refractivity contribution in [3.8, 4) is 17.5 Å². The summed E-state index contributed by atoms with van der Waals surface area (Å²) >= 11 is 13.8. The van der Waals surface area contributed by atoms with Crippen LogP contribution in [0, 0.1) is 11.3 Å². The summed E-state index contributed by atoms with van der Waals surface area (Å²) in [5, 5.41) is 27.5. The lowest BCUT2D eigenvalue weighted by atomic mass is 10.1. The number of nitrogens with zero attached hydrogens (tertiary/aromatic N) is 6. The van der Waals surface area contributed by atoms with Gasteiger partial charge in [-0.2, -0.15) is 19.3 Å². The van der Waals surface area contributed by atoms with Gasteiger partial charge in [0.15, 0.2) is 18.9 Å². The van der Waals surface area contributed by atoms with Crippen LogP contribution in [0.25, 0.3) is 21.5 Å². The van der Waals surface area contributed by atoms with Gasteiger partial charge in [0.05, 0.1) is 34.4 Å². The smallest absolute Gasteiger partial charge is 0.257 e. The fourth-order valence-electron chi connectivity index (χ4n) is 4.64. The van der Waals surface area contributed by atoms with Gasteiger partial charge >= 0.3 is 0 Å². The summed E-state index contributed by atoms with van der Waals surface area (Å²) in [5.41, 5.74) is 2.07. The van der Waals surface area contributed by atoms with Gasteiger partial charge < -0.3 is 10.1 Å². The quantitative estimate of drug-likeness (QED) is 0.250. The summed E-state index contributed by atoms with van der Waals surface area (Å²) in [4.78, 5) is 13.1. The summed E-state index contributed by atoms with van der Waals surface area (Å²) < 4.78 is 35.8. The molecule has 0 spiro atoms. The van der Waals surface area contributed by atoms with Crippen molar-refractivity contribution in [1.82, 2.24) is 24.9 Å². The second kappa shape index (κ2) is 12.0. The fraction of sp³-hybridized carbons (Fsp3) is 0.185. The van der Waals surface area contributed by atoms with Crippen molar-refractivity contribution < 1.29 is 22.5 Å². The topological polar surface area (TPSA) is 158 Å². The van der Waals surface area contributed by atoms with E-state index in [0.29, 0.717) is 22.8 Å². The molecule has 0 atom stereocenters. The largest absolute Gasteiger partial charge is 0.379 e. The zero-order chi connectivity index (χ0) is 30.1. The van der Waals surface area contributed by atoms with Crippen LogP contribution in [0.5, 0.6) is 0 Å². The molecule has 2 N–H and O–H groups in total. The lowest BCUT2D eigenvalue weighted by Crippen LogP contribution is -2.40. The standard InChI is InChI=1S/C27H20Cl2N8O4S2/c28-21-12-22(29)24(43(39,40)37-7-9-41-10-8-37)11-19(21)26(38)31-27-20(13-30)18-5-6-36(15-23(18)42-27)14-16-1-3-17(4-2-16)25-32-34-35-33-25/h1-6,11-12,15H,7-10,14H2,(H,32,33,34,35)/p+1. The highest BCUT2D eigenvalue weighted by atomic mass is 35.5. The number of nitriles is 1. The SMILES string of the molecule is N#Cc1c(NC(=O)c2cc(S(=O)(=O)N3CCOCC3)c(Cl)cc2Cl)sc2c[n+](Cc3ccc(-c4nn[nH]n4)cc3)ccc12. The van der Waals surface area contributed by atoms with Crippen molar-refractivity contribution in [2.45, 2.75) is 11.4 Å². The maximum Gasteiger partial charge on any atom is 0.257 e. The molecule has 1 saturated heterocycles. The van der Waals surface area contributed by atoms with E-state index in [1.807, 2.05) is 47.3 Å². The Morgan fingerprint density at radius 2 is 1.93 bits per heavy atom. The lowest BCUT2D eigenvalue weighted by molar-refractivity contribution is -0.686. The van der Waals surface area contributed by atoms with Crippen LogP contribution < -0.4 is 9.88 Å². The first-order valence-corrected chi connectivity index (χ1v) is 15.8. The van der Waals surface area contributed by atoms with E-state index in [1.54, 1.807) is 0 Å². The first-order valence-electron chi connectivity index (χ1n) is 12.8. The van der Waals surface area contributed by atoms with Gasteiger partial charge in [-0.05, 0) is 17.3 Å². The third-order valence-corrected chi connectivity index (χ3v) is 10.5. The molecule has 0 bridgehead atoms. The molecule has 3 aromatic heterocycles. The second-order valence-corrected chi connectivity index (χ2v) is 13.3. The number of sulfonamides is 1. The molecule has 4 heterocycles. The number of ether oxygens (including phenoxy) is 1. The summed E-state index contributed by atoms with van der Waals surface area (Å²) in [6.07, 6.45) is 3.75. The van der Waals surface area contributed by atoms with Crippen molar-refractivity contribution in [3.05, 3.63) is 81.6 Å². The number of benzene rings is 2.